The van der Waals surface area contributed by atoms with Gasteiger partial charge in [-0.2, -0.15) is 14.4 Å². The van der Waals surface area contributed by atoms with Crippen LogP contribution in [0.15, 0.2) is 81.2 Å². The Morgan fingerprint density at radius 2 is 1.65 bits per heavy atom. The van der Waals surface area contributed by atoms with Gasteiger partial charge in [0.2, 0.25) is 15.2 Å². The summed E-state index contributed by atoms with van der Waals surface area (Å²) in [4.78, 5) is 18.4. The third-order valence-corrected chi connectivity index (χ3v) is 9.57. The van der Waals surface area contributed by atoms with E-state index in [0.29, 0.717) is 29.3 Å². The molecule has 0 bridgehead atoms. The fourth-order valence-corrected chi connectivity index (χ4v) is 6.89. The molecule has 11 heteroatoms. The Bertz CT molecular complexity index is 1580. The van der Waals surface area contributed by atoms with Crippen LogP contribution in [-0.4, -0.2) is 42.9 Å². The maximum atomic E-state index is 13.7. The lowest BCUT2D eigenvalue weighted by Crippen LogP contribution is -2.33. The Morgan fingerprint density at radius 3 is 2.27 bits per heavy atom. The molecule has 1 amide bonds. The summed E-state index contributed by atoms with van der Waals surface area (Å²) < 4.78 is 43.4. The molecule has 0 fully saturated rings. The number of hydrogen-bond donors (Lipinski definition) is 0. The van der Waals surface area contributed by atoms with E-state index in [9.17, 15) is 17.6 Å². The summed E-state index contributed by atoms with van der Waals surface area (Å²) >= 11 is 4.75. The zero-order valence-electron chi connectivity index (χ0n) is 22.3. The summed E-state index contributed by atoms with van der Waals surface area (Å²) in [5.74, 6) is -0.853. The van der Waals surface area contributed by atoms with E-state index in [1.54, 1.807) is 12.1 Å². The van der Waals surface area contributed by atoms with E-state index in [-0.39, 0.29) is 16.3 Å². The monoisotopic (exact) mass is 644 g/mol. The Morgan fingerprint density at radius 1 is 1.00 bits per heavy atom. The van der Waals surface area contributed by atoms with Gasteiger partial charge in [0, 0.05) is 23.1 Å². The fraction of sp³-hybridized carbons (Fsp3) is 0.276. The molecule has 210 valence electrons. The predicted octanol–water partition coefficient (Wildman–Crippen LogP) is 7.47. The standard InChI is InChI=1S/C29H30BrFN4O3S2/c1-3-5-17-34(18-6-4-2)40(37,38)25-14-9-22(10-15-25)28(36)35(32-20-21-7-12-24(31)13-8-21)29-33-26-16-11-23(30)19-27(26)39-29/h7-16,19-20H,3-6,17-18H2,1-2H3/b32-20+. The average Bonchev–Trinajstić information content (AvgIpc) is 3.36. The number of amides is 1. The van der Waals surface area contributed by atoms with Crippen LogP contribution in [0.25, 0.3) is 10.2 Å². The SMILES string of the molecule is CCCCN(CCCC)S(=O)(=O)c1ccc(C(=O)N(/N=C/c2ccc(F)cc2)c2nc3ccc(Br)cc3s2)cc1. The van der Waals surface area contributed by atoms with Crippen molar-refractivity contribution in [2.75, 3.05) is 18.1 Å². The molecule has 7 nitrogen and oxygen atoms in total. The minimum Gasteiger partial charge on any atom is -0.267 e. The minimum atomic E-state index is -3.70. The van der Waals surface area contributed by atoms with Crippen molar-refractivity contribution >= 4 is 64.8 Å². The second kappa shape index (κ2) is 13.6. The van der Waals surface area contributed by atoms with Crippen molar-refractivity contribution in [1.29, 1.82) is 0 Å². The molecular weight excluding hydrogens is 615 g/mol. The van der Waals surface area contributed by atoms with E-state index in [1.165, 1.54) is 63.3 Å². The van der Waals surface area contributed by atoms with E-state index in [1.807, 2.05) is 32.0 Å². The van der Waals surface area contributed by atoms with Gasteiger partial charge >= 0.3 is 0 Å². The molecule has 4 aromatic rings. The maximum Gasteiger partial charge on any atom is 0.280 e. The molecule has 40 heavy (non-hydrogen) atoms. The molecule has 1 aromatic heterocycles. The van der Waals surface area contributed by atoms with Gasteiger partial charge in [-0.25, -0.2) is 17.8 Å². The first-order valence-corrected chi connectivity index (χ1v) is 16.1. The number of hydrazone groups is 1. The maximum absolute atomic E-state index is 13.7. The smallest absolute Gasteiger partial charge is 0.267 e. The highest BCUT2D eigenvalue weighted by Gasteiger charge is 2.25. The van der Waals surface area contributed by atoms with Crippen molar-refractivity contribution < 1.29 is 17.6 Å². The average molecular weight is 646 g/mol. The van der Waals surface area contributed by atoms with Crippen LogP contribution in [-0.2, 0) is 10.0 Å². The molecule has 0 unspecified atom stereocenters. The Labute approximate surface area is 246 Å². The molecule has 1 heterocycles. The lowest BCUT2D eigenvalue weighted by atomic mass is 10.2. The third-order valence-electron chi connectivity index (χ3n) is 6.17. The first-order valence-electron chi connectivity index (χ1n) is 13.0. The van der Waals surface area contributed by atoms with Crippen LogP contribution in [0.1, 0.15) is 55.5 Å². The number of fused-ring (bicyclic) bond motifs is 1. The van der Waals surface area contributed by atoms with E-state index in [0.717, 1.165) is 34.9 Å². The van der Waals surface area contributed by atoms with Gasteiger partial charge in [-0.1, -0.05) is 66.1 Å². The van der Waals surface area contributed by atoms with Crippen molar-refractivity contribution in [3.05, 3.63) is 88.1 Å². The number of rotatable bonds is 12. The van der Waals surface area contributed by atoms with Crippen LogP contribution in [0.3, 0.4) is 0 Å². The number of sulfonamides is 1. The molecule has 0 aliphatic carbocycles. The number of anilines is 1. The van der Waals surface area contributed by atoms with Crippen molar-refractivity contribution in [3.8, 4) is 0 Å². The fourth-order valence-electron chi connectivity index (χ4n) is 3.90. The zero-order chi connectivity index (χ0) is 28.7. The number of aromatic nitrogens is 1. The van der Waals surface area contributed by atoms with Gasteiger partial charge in [-0.3, -0.25) is 4.79 Å². The number of carbonyl (C=O) groups excluding carboxylic acids is 1. The second-order valence-electron chi connectivity index (χ2n) is 9.16. The number of benzene rings is 3. The lowest BCUT2D eigenvalue weighted by molar-refractivity contribution is 0.0987. The van der Waals surface area contributed by atoms with Crippen LogP contribution in [0.5, 0.6) is 0 Å². The molecule has 0 aliphatic heterocycles. The van der Waals surface area contributed by atoms with E-state index >= 15 is 0 Å². The van der Waals surface area contributed by atoms with Gasteiger partial charge in [-0.15, -0.1) is 0 Å². The van der Waals surface area contributed by atoms with Crippen LogP contribution < -0.4 is 5.01 Å². The van der Waals surface area contributed by atoms with Gasteiger partial charge in [-0.05, 0) is 73.0 Å². The lowest BCUT2D eigenvalue weighted by Gasteiger charge is -2.22. The summed E-state index contributed by atoms with van der Waals surface area (Å²) in [6.45, 7) is 4.97. The van der Waals surface area contributed by atoms with Gasteiger partial charge in [0.05, 0.1) is 21.3 Å². The molecule has 0 atom stereocenters. The van der Waals surface area contributed by atoms with Gasteiger partial charge in [0.1, 0.15) is 5.82 Å². The number of nitrogens with zero attached hydrogens (tertiary/aromatic N) is 4. The molecule has 0 aliphatic rings. The Balaban J connectivity index is 1.66. The molecule has 4 rings (SSSR count). The molecule has 3 aromatic carbocycles. The Hall–Kier alpha value is -2.99. The van der Waals surface area contributed by atoms with E-state index in [4.69, 9.17) is 0 Å². The van der Waals surface area contributed by atoms with Gasteiger partial charge in [0.25, 0.3) is 5.91 Å². The molecule has 0 saturated heterocycles. The van der Waals surface area contributed by atoms with E-state index < -0.39 is 15.9 Å². The van der Waals surface area contributed by atoms with Gasteiger partial charge in [0.15, 0.2) is 0 Å². The molecule has 0 radical (unpaired) electrons. The van der Waals surface area contributed by atoms with Gasteiger partial charge < -0.3 is 0 Å². The second-order valence-corrected chi connectivity index (χ2v) is 13.0. The van der Waals surface area contributed by atoms with Crippen molar-refractivity contribution in [2.24, 2.45) is 5.10 Å². The van der Waals surface area contributed by atoms with E-state index in [2.05, 4.69) is 26.0 Å². The largest absolute Gasteiger partial charge is 0.280 e. The Kier molecular flexibility index (Phi) is 10.2. The first-order chi connectivity index (χ1) is 19.2. The number of halogens is 2. The summed E-state index contributed by atoms with van der Waals surface area (Å²) in [6, 6.07) is 17.3. The first kappa shape index (κ1) is 30.0. The molecule has 0 spiro atoms. The number of unbranched alkanes of at least 4 members (excludes halogenated alkanes) is 2. The third kappa shape index (κ3) is 7.20. The number of carbonyl (C=O) groups is 1. The highest BCUT2D eigenvalue weighted by atomic mass is 79.9. The summed E-state index contributed by atoms with van der Waals surface area (Å²) in [6.07, 6.45) is 4.79. The van der Waals surface area contributed by atoms with Crippen molar-refractivity contribution in [1.82, 2.24) is 9.29 Å². The quantitative estimate of drug-likeness (QED) is 0.118. The summed E-state index contributed by atoms with van der Waals surface area (Å²) in [5.41, 5.74) is 1.56. The van der Waals surface area contributed by atoms with Crippen molar-refractivity contribution in [3.63, 3.8) is 0 Å². The van der Waals surface area contributed by atoms with Crippen LogP contribution in [0, 0.1) is 5.82 Å². The van der Waals surface area contributed by atoms with Crippen molar-refractivity contribution in [2.45, 2.75) is 44.4 Å². The van der Waals surface area contributed by atoms with Crippen LogP contribution in [0.2, 0.25) is 0 Å². The molecule has 0 saturated carbocycles. The number of thiazole rings is 1. The summed E-state index contributed by atoms with van der Waals surface area (Å²) in [7, 11) is -3.70. The van der Waals surface area contributed by atoms with Crippen LogP contribution in [0.4, 0.5) is 9.52 Å². The topological polar surface area (TPSA) is 82.9 Å². The molecule has 0 N–H and O–H groups in total. The highest BCUT2D eigenvalue weighted by molar-refractivity contribution is 9.10. The molecular formula is C29H30BrFN4O3S2. The minimum absolute atomic E-state index is 0.141. The van der Waals surface area contributed by atoms with Crippen LogP contribution >= 0.6 is 27.3 Å². The predicted molar refractivity (Wildman–Crippen MR) is 163 cm³/mol. The normalized spacial score (nSPS) is 12.0. The highest BCUT2D eigenvalue weighted by Crippen LogP contribution is 2.32. The number of hydrogen-bond acceptors (Lipinski definition) is 6. The summed E-state index contributed by atoms with van der Waals surface area (Å²) in [5, 5.41) is 5.93. The zero-order valence-corrected chi connectivity index (χ0v) is 25.5.